The van der Waals surface area contributed by atoms with Crippen LogP contribution in [0.25, 0.3) is 0 Å². The van der Waals surface area contributed by atoms with E-state index in [4.69, 9.17) is 16.3 Å². The molecule has 31 heavy (non-hydrogen) atoms. The van der Waals surface area contributed by atoms with Gasteiger partial charge in [-0.05, 0) is 86.0 Å². The maximum absolute atomic E-state index is 12.6. The quantitative estimate of drug-likeness (QED) is 0.516. The zero-order valence-corrected chi connectivity index (χ0v) is 19.0. The third-order valence-electron chi connectivity index (χ3n) is 4.74. The van der Waals surface area contributed by atoms with E-state index in [9.17, 15) is 13.2 Å². The van der Waals surface area contributed by atoms with E-state index in [2.05, 4.69) is 10.0 Å². The van der Waals surface area contributed by atoms with Gasteiger partial charge in [-0.25, -0.2) is 8.42 Å². The molecule has 0 aliphatic heterocycles. The van der Waals surface area contributed by atoms with E-state index in [-0.39, 0.29) is 17.4 Å². The molecule has 0 spiro atoms. The fraction of sp³-hybridized carbons (Fsp3) is 0.174. The first-order valence-electron chi connectivity index (χ1n) is 9.53. The highest BCUT2D eigenvalue weighted by Crippen LogP contribution is 2.22. The van der Waals surface area contributed by atoms with Crippen LogP contribution < -0.4 is 14.8 Å². The molecule has 0 aliphatic carbocycles. The average molecular weight is 459 g/mol. The Morgan fingerprint density at radius 1 is 0.903 bits per heavy atom. The number of hydrogen-bond donors (Lipinski definition) is 2. The van der Waals surface area contributed by atoms with Crippen molar-refractivity contribution in [1.29, 1.82) is 0 Å². The van der Waals surface area contributed by atoms with Gasteiger partial charge in [0.1, 0.15) is 5.75 Å². The predicted molar refractivity (Wildman–Crippen MR) is 123 cm³/mol. The van der Waals surface area contributed by atoms with Gasteiger partial charge in [-0.15, -0.1) is 0 Å². The van der Waals surface area contributed by atoms with Gasteiger partial charge < -0.3 is 10.1 Å². The van der Waals surface area contributed by atoms with Crippen molar-refractivity contribution in [3.8, 4) is 5.75 Å². The molecule has 0 unspecified atom stereocenters. The number of aryl methyl sites for hydroxylation is 3. The minimum atomic E-state index is -3.74. The van der Waals surface area contributed by atoms with E-state index >= 15 is 0 Å². The van der Waals surface area contributed by atoms with Crippen molar-refractivity contribution >= 4 is 38.9 Å². The number of halogens is 1. The maximum Gasteiger partial charge on any atom is 0.262 e. The third-order valence-corrected chi connectivity index (χ3v) is 6.37. The first kappa shape index (κ1) is 22.7. The van der Waals surface area contributed by atoms with Crippen molar-refractivity contribution in [2.75, 3.05) is 16.6 Å². The van der Waals surface area contributed by atoms with Crippen LogP contribution in [0.3, 0.4) is 0 Å². The highest BCUT2D eigenvalue weighted by atomic mass is 35.5. The van der Waals surface area contributed by atoms with Crippen LogP contribution in [0.5, 0.6) is 5.75 Å². The van der Waals surface area contributed by atoms with E-state index in [0.29, 0.717) is 22.1 Å². The highest BCUT2D eigenvalue weighted by molar-refractivity contribution is 7.92. The summed E-state index contributed by atoms with van der Waals surface area (Å²) in [5.41, 5.74) is 4.06. The standard InChI is InChI=1S/C23H23ClN2O4S/c1-15-5-7-19(12-17(15)3)26-31(28,29)21-10-8-20(9-11-21)30-14-23(27)25-22-13-18(24)6-4-16(22)2/h4-13,26H,14H2,1-3H3,(H,25,27). The number of anilines is 2. The zero-order chi connectivity index (χ0) is 22.6. The Bertz CT molecular complexity index is 1210. The second kappa shape index (κ2) is 9.41. The van der Waals surface area contributed by atoms with Crippen molar-refractivity contribution in [3.05, 3.63) is 82.4 Å². The molecule has 0 saturated heterocycles. The number of carbonyl (C=O) groups is 1. The van der Waals surface area contributed by atoms with Crippen molar-refractivity contribution in [2.45, 2.75) is 25.7 Å². The van der Waals surface area contributed by atoms with Gasteiger partial charge in [0, 0.05) is 16.4 Å². The van der Waals surface area contributed by atoms with Crippen LogP contribution in [0.1, 0.15) is 16.7 Å². The summed E-state index contributed by atoms with van der Waals surface area (Å²) in [4.78, 5) is 12.2. The van der Waals surface area contributed by atoms with Crippen molar-refractivity contribution < 1.29 is 17.9 Å². The molecule has 0 bridgehead atoms. The number of sulfonamides is 1. The molecular formula is C23H23ClN2O4S. The lowest BCUT2D eigenvalue weighted by atomic mass is 10.1. The van der Waals surface area contributed by atoms with Crippen LogP contribution in [0.15, 0.2) is 65.6 Å². The van der Waals surface area contributed by atoms with Gasteiger partial charge in [0.15, 0.2) is 6.61 Å². The largest absolute Gasteiger partial charge is 0.484 e. The van der Waals surface area contributed by atoms with Crippen LogP contribution in [-0.4, -0.2) is 20.9 Å². The topological polar surface area (TPSA) is 84.5 Å². The van der Waals surface area contributed by atoms with E-state index in [1.807, 2.05) is 32.9 Å². The summed E-state index contributed by atoms with van der Waals surface area (Å²) in [6.07, 6.45) is 0. The molecule has 3 rings (SSSR count). The third kappa shape index (κ3) is 5.99. The second-order valence-electron chi connectivity index (χ2n) is 7.17. The van der Waals surface area contributed by atoms with Gasteiger partial charge in [0.25, 0.3) is 15.9 Å². The molecule has 2 N–H and O–H groups in total. The lowest BCUT2D eigenvalue weighted by Gasteiger charge is -2.12. The number of hydrogen-bond acceptors (Lipinski definition) is 4. The molecule has 6 nitrogen and oxygen atoms in total. The van der Waals surface area contributed by atoms with Crippen molar-refractivity contribution in [3.63, 3.8) is 0 Å². The summed E-state index contributed by atoms with van der Waals surface area (Å²) in [6, 6.07) is 16.5. The summed E-state index contributed by atoms with van der Waals surface area (Å²) >= 11 is 5.95. The first-order chi connectivity index (χ1) is 14.6. The minimum absolute atomic E-state index is 0.0945. The molecule has 0 heterocycles. The van der Waals surface area contributed by atoms with Gasteiger partial charge in [0.05, 0.1) is 4.90 Å². The van der Waals surface area contributed by atoms with Crippen LogP contribution >= 0.6 is 11.6 Å². The lowest BCUT2D eigenvalue weighted by molar-refractivity contribution is -0.118. The predicted octanol–water partition coefficient (Wildman–Crippen LogP) is 5.08. The number of carbonyl (C=O) groups excluding carboxylic acids is 1. The van der Waals surface area contributed by atoms with E-state index in [0.717, 1.165) is 16.7 Å². The molecule has 0 atom stereocenters. The van der Waals surface area contributed by atoms with Crippen molar-refractivity contribution in [2.24, 2.45) is 0 Å². The van der Waals surface area contributed by atoms with Crippen molar-refractivity contribution in [1.82, 2.24) is 0 Å². The number of benzene rings is 3. The number of nitrogens with one attached hydrogen (secondary N) is 2. The van der Waals surface area contributed by atoms with Gasteiger partial charge in [-0.2, -0.15) is 0 Å². The van der Waals surface area contributed by atoms with E-state index in [1.165, 1.54) is 24.3 Å². The Balaban J connectivity index is 1.60. The summed E-state index contributed by atoms with van der Waals surface area (Å²) in [5.74, 6) is 0.0292. The highest BCUT2D eigenvalue weighted by Gasteiger charge is 2.15. The average Bonchev–Trinajstić information content (AvgIpc) is 2.72. The minimum Gasteiger partial charge on any atom is -0.484 e. The number of rotatable bonds is 7. The van der Waals surface area contributed by atoms with Crippen LogP contribution in [0.2, 0.25) is 5.02 Å². The monoisotopic (exact) mass is 458 g/mol. The molecule has 0 aromatic heterocycles. The zero-order valence-electron chi connectivity index (χ0n) is 17.4. The molecule has 0 aliphatic rings. The molecule has 162 valence electrons. The van der Waals surface area contributed by atoms with Gasteiger partial charge >= 0.3 is 0 Å². The Morgan fingerprint density at radius 3 is 2.26 bits per heavy atom. The Labute approximate surface area is 187 Å². The Morgan fingerprint density at radius 2 is 1.58 bits per heavy atom. The summed E-state index contributed by atoms with van der Waals surface area (Å²) in [7, 11) is -3.74. The normalized spacial score (nSPS) is 11.1. The SMILES string of the molecule is Cc1ccc(NS(=O)(=O)c2ccc(OCC(=O)Nc3cc(Cl)ccc3C)cc2)cc1C. The second-order valence-corrected chi connectivity index (χ2v) is 9.29. The molecule has 0 radical (unpaired) electrons. The molecule has 0 saturated carbocycles. The van der Waals surface area contributed by atoms with Crippen LogP contribution in [0.4, 0.5) is 11.4 Å². The fourth-order valence-corrected chi connectivity index (χ4v) is 4.02. The molecule has 1 amide bonds. The van der Waals surface area contributed by atoms with Gasteiger partial charge in [-0.1, -0.05) is 23.7 Å². The Hall–Kier alpha value is -3.03. The fourth-order valence-electron chi connectivity index (χ4n) is 2.80. The van der Waals surface area contributed by atoms with Crippen LogP contribution in [-0.2, 0) is 14.8 Å². The van der Waals surface area contributed by atoms with E-state index in [1.54, 1.807) is 24.3 Å². The summed E-state index contributed by atoms with van der Waals surface area (Å²) in [6.45, 7) is 5.52. The Kier molecular flexibility index (Phi) is 6.87. The number of amides is 1. The summed E-state index contributed by atoms with van der Waals surface area (Å²) in [5, 5.41) is 3.26. The maximum atomic E-state index is 12.6. The lowest BCUT2D eigenvalue weighted by Crippen LogP contribution is -2.20. The smallest absolute Gasteiger partial charge is 0.262 e. The molecule has 3 aromatic carbocycles. The molecule has 8 heteroatoms. The molecule has 3 aromatic rings. The number of ether oxygens (including phenoxy) is 1. The van der Waals surface area contributed by atoms with E-state index < -0.39 is 10.0 Å². The summed E-state index contributed by atoms with van der Waals surface area (Å²) < 4.78 is 33.3. The molecular weight excluding hydrogens is 436 g/mol. The van der Waals surface area contributed by atoms with Gasteiger partial charge in [-0.3, -0.25) is 9.52 Å². The van der Waals surface area contributed by atoms with Crippen LogP contribution in [0, 0.1) is 20.8 Å². The first-order valence-corrected chi connectivity index (χ1v) is 11.4. The molecule has 0 fully saturated rings. The van der Waals surface area contributed by atoms with Gasteiger partial charge in [0.2, 0.25) is 0 Å².